The smallest absolute Gasteiger partial charge is 0.141 e. The van der Waals surface area contributed by atoms with Crippen molar-refractivity contribution in [1.82, 2.24) is 5.32 Å². The highest BCUT2D eigenvalue weighted by molar-refractivity contribution is 6.30. The maximum Gasteiger partial charge on any atom is 0.141 e. The second-order valence-electron chi connectivity index (χ2n) is 4.54. The highest BCUT2D eigenvalue weighted by Crippen LogP contribution is 2.23. The first kappa shape index (κ1) is 14.0. The SMILES string of the molecule is CNC(CCc1ccccc1)c1ccc(F)c(Cl)c1. The largest absolute Gasteiger partial charge is 0.313 e. The molecule has 2 rings (SSSR count). The third-order valence-corrected chi connectivity index (χ3v) is 3.55. The summed E-state index contributed by atoms with van der Waals surface area (Å²) in [6, 6.07) is 15.4. The monoisotopic (exact) mass is 277 g/mol. The second kappa shape index (κ2) is 6.69. The Morgan fingerprint density at radius 2 is 1.89 bits per heavy atom. The number of hydrogen-bond acceptors (Lipinski definition) is 1. The zero-order valence-electron chi connectivity index (χ0n) is 10.9. The van der Waals surface area contributed by atoms with Crippen LogP contribution in [0.3, 0.4) is 0 Å². The third-order valence-electron chi connectivity index (χ3n) is 3.26. The lowest BCUT2D eigenvalue weighted by Gasteiger charge is -2.17. The average molecular weight is 278 g/mol. The van der Waals surface area contributed by atoms with Gasteiger partial charge in [-0.2, -0.15) is 0 Å². The van der Waals surface area contributed by atoms with E-state index in [-0.39, 0.29) is 16.9 Å². The molecule has 0 saturated carbocycles. The van der Waals surface area contributed by atoms with Crippen LogP contribution < -0.4 is 5.32 Å². The Morgan fingerprint density at radius 1 is 1.16 bits per heavy atom. The minimum Gasteiger partial charge on any atom is -0.313 e. The van der Waals surface area contributed by atoms with Crippen LogP contribution in [-0.4, -0.2) is 7.05 Å². The van der Waals surface area contributed by atoms with E-state index in [1.165, 1.54) is 11.6 Å². The van der Waals surface area contributed by atoms with E-state index >= 15 is 0 Å². The molecule has 1 unspecified atom stereocenters. The molecule has 0 aromatic heterocycles. The average Bonchev–Trinajstić information content (AvgIpc) is 2.44. The number of hydrogen-bond donors (Lipinski definition) is 1. The molecule has 100 valence electrons. The molecule has 1 N–H and O–H groups in total. The standard InChI is InChI=1S/C16H17ClFN/c1-19-16(10-7-12-5-3-2-4-6-12)13-8-9-15(18)14(17)11-13/h2-6,8-9,11,16,19H,7,10H2,1H3. The summed E-state index contributed by atoms with van der Waals surface area (Å²) in [4.78, 5) is 0. The molecule has 0 aliphatic heterocycles. The summed E-state index contributed by atoms with van der Waals surface area (Å²) in [5, 5.41) is 3.43. The fourth-order valence-corrected chi connectivity index (χ4v) is 2.35. The summed E-state index contributed by atoms with van der Waals surface area (Å²) in [7, 11) is 1.91. The summed E-state index contributed by atoms with van der Waals surface area (Å²) in [6.07, 6.45) is 1.92. The molecule has 3 heteroatoms. The molecule has 1 nitrogen and oxygen atoms in total. The van der Waals surface area contributed by atoms with Crippen molar-refractivity contribution in [2.45, 2.75) is 18.9 Å². The van der Waals surface area contributed by atoms with Crippen LogP contribution >= 0.6 is 11.6 Å². The Balaban J connectivity index is 2.05. The van der Waals surface area contributed by atoms with Crippen molar-refractivity contribution < 1.29 is 4.39 Å². The van der Waals surface area contributed by atoms with Crippen LogP contribution in [0.25, 0.3) is 0 Å². The topological polar surface area (TPSA) is 12.0 Å². The maximum atomic E-state index is 13.2. The molecule has 0 bridgehead atoms. The number of halogens is 2. The van der Waals surface area contributed by atoms with Crippen molar-refractivity contribution in [2.75, 3.05) is 7.05 Å². The van der Waals surface area contributed by atoms with Crippen LogP contribution in [0.2, 0.25) is 5.02 Å². The lowest BCUT2D eigenvalue weighted by molar-refractivity contribution is 0.547. The Labute approximate surface area is 118 Å². The first-order chi connectivity index (χ1) is 9.20. The van der Waals surface area contributed by atoms with Crippen molar-refractivity contribution in [3.8, 4) is 0 Å². The first-order valence-electron chi connectivity index (χ1n) is 6.37. The molecule has 0 aliphatic rings. The molecule has 0 spiro atoms. The predicted octanol–water partition coefficient (Wildman–Crippen LogP) is 4.37. The summed E-state index contributed by atoms with van der Waals surface area (Å²) in [5.74, 6) is -0.372. The van der Waals surface area contributed by atoms with Gasteiger partial charge in [0.1, 0.15) is 5.82 Å². The van der Waals surface area contributed by atoms with E-state index in [4.69, 9.17) is 11.6 Å². The molecular weight excluding hydrogens is 261 g/mol. The molecule has 0 amide bonds. The van der Waals surface area contributed by atoms with E-state index in [1.807, 2.05) is 25.2 Å². The van der Waals surface area contributed by atoms with Gasteiger partial charge in [0.2, 0.25) is 0 Å². The number of nitrogens with one attached hydrogen (secondary N) is 1. The summed E-state index contributed by atoms with van der Waals surface area (Å²) >= 11 is 5.83. The fourth-order valence-electron chi connectivity index (χ4n) is 2.16. The molecule has 1 atom stereocenters. The first-order valence-corrected chi connectivity index (χ1v) is 6.74. The van der Waals surface area contributed by atoms with Gasteiger partial charge in [0, 0.05) is 6.04 Å². The summed E-state index contributed by atoms with van der Waals surface area (Å²) < 4.78 is 13.2. The summed E-state index contributed by atoms with van der Waals surface area (Å²) in [5.41, 5.74) is 2.32. The lowest BCUT2D eigenvalue weighted by Crippen LogP contribution is -2.17. The van der Waals surface area contributed by atoms with E-state index in [0.717, 1.165) is 18.4 Å². The van der Waals surface area contributed by atoms with Crippen molar-refractivity contribution in [1.29, 1.82) is 0 Å². The summed E-state index contributed by atoms with van der Waals surface area (Å²) in [6.45, 7) is 0. The third kappa shape index (κ3) is 3.79. The van der Waals surface area contributed by atoms with Crippen LogP contribution in [0.5, 0.6) is 0 Å². The number of rotatable bonds is 5. The minimum atomic E-state index is -0.372. The van der Waals surface area contributed by atoms with Gasteiger partial charge < -0.3 is 5.32 Å². The van der Waals surface area contributed by atoms with Crippen LogP contribution in [0.1, 0.15) is 23.6 Å². The number of benzene rings is 2. The Bertz CT molecular complexity index is 528. The van der Waals surface area contributed by atoms with Gasteiger partial charge in [0.25, 0.3) is 0 Å². The van der Waals surface area contributed by atoms with E-state index in [2.05, 4.69) is 17.4 Å². The maximum absolute atomic E-state index is 13.2. The quantitative estimate of drug-likeness (QED) is 0.856. The van der Waals surface area contributed by atoms with Gasteiger partial charge in [-0.05, 0) is 43.1 Å². The van der Waals surface area contributed by atoms with E-state index < -0.39 is 0 Å². The van der Waals surface area contributed by atoms with Crippen LogP contribution in [0.4, 0.5) is 4.39 Å². The molecular formula is C16H17ClFN. The van der Waals surface area contributed by atoms with Gasteiger partial charge in [0.05, 0.1) is 5.02 Å². The Hall–Kier alpha value is -1.38. The fraction of sp³-hybridized carbons (Fsp3) is 0.250. The van der Waals surface area contributed by atoms with Crippen LogP contribution in [0.15, 0.2) is 48.5 Å². The van der Waals surface area contributed by atoms with Gasteiger partial charge in [-0.3, -0.25) is 0 Å². The van der Waals surface area contributed by atoms with Crippen molar-refractivity contribution in [2.24, 2.45) is 0 Å². The molecule has 0 radical (unpaired) electrons. The zero-order chi connectivity index (χ0) is 13.7. The molecule has 2 aromatic carbocycles. The van der Waals surface area contributed by atoms with Crippen molar-refractivity contribution in [3.05, 3.63) is 70.5 Å². The molecule has 2 aromatic rings. The molecule has 0 fully saturated rings. The van der Waals surface area contributed by atoms with Crippen LogP contribution in [-0.2, 0) is 6.42 Å². The van der Waals surface area contributed by atoms with E-state index in [0.29, 0.717) is 0 Å². The minimum absolute atomic E-state index is 0.178. The highest BCUT2D eigenvalue weighted by atomic mass is 35.5. The Morgan fingerprint density at radius 3 is 2.53 bits per heavy atom. The molecule has 0 heterocycles. The van der Waals surface area contributed by atoms with Gasteiger partial charge in [-0.1, -0.05) is 48.0 Å². The Kier molecular flexibility index (Phi) is 4.94. The molecule has 19 heavy (non-hydrogen) atoms. The second-order valence-corrected chi connectivity index (χ2v) is 4.95. The predicted molar refractivity (Wildman–Crippen MR) is 78.0 cm³/mol. The van der Waals surface area contributed by atoms with Crippen molar-refractivity contribution in [3.63, 3.8) is 0 Å². The number of aryl methyl sites for hydroxylation is 1. The van der Waals surface area contributed by atoms with Gasteiger partial charge in [-0.15, -0.1) is 0 Å². The lowest BCUT2D eigenvalue weighted by atomic mass is 9.99. The van der Waals surface area contributed by atoms with E-state index in [1.54, 1.807) is 12.1 Å². The van der Waals surface area contributed by atoms with Crippen molar-refractivity contribution >= 4 is 11.6 Å². The van der Waals surface area contributed by atoms with E-state index in [9.17, 15) is 4.39 Å². The zero-order valence-corrected chi connectivity index (χ0v) is 11.6. The normalized spacial score (nSPS) is 12.4. The van der Waals surface area contributed by atoms with Crippen LogP contribution in [0, 0.1) is 5.82 Å². The van der Waals surface area contributed by atoms with Gasteiger partial charge >= 0.3 is 0 Å². The highest BCUT2D eigenvalue weighted by Gasteiger charge is 2.11. The molecule has 0 saturated heterocycles. The van der Waals surface area contributed by atoms with Gasteiger partial charge in [-0.25, -0.2) is 4.39 Å². The van der Waals surface area contributed by atoms with Gasteiger partial charge in [0.15, 0.2) is 0 Å². The molecule has 0 aliphatic carbocycles.